The molecule has 7 nitrogen and oxygen atoms in total. The van der Waals surface area contributed by atoms with E-state index >= 15 is 0 Å². The third-order valence-electron chi connectivity index (χ3n) is 5.20. The minimum atomic E-state index is -0.356. The highest BCUT2D eigenvalue weighted by atomic mass is 16.5. The molecule has 1 aliphatic heterocycles. The maximum Gasteiger partial charge on any atom is 0.289 e. The average molecular weight is 417 g/mol. The second-order valence-electron chi connectivity index (χ2n) is 7.29. The van der Waals surface area contributed by atoms with Gasteiger partial charge < -0.3 is 14.1 Å². The Hall–Kier alpha value is -3.87. The van der Waals surface area contributed by atoms with Crippen LogP contribution in [0, 0.1) is 0 Å². The van der Waals surface area contributed by atoms with Crippen molar-refractivity contribution in [1.82, 2.24) is 9.91 Å². The van der Waals surface area contributed by atoms with Gasteiger partial charge in [-0.2, -0.15) is 5.10 Å². The fraction of sp³-hybridized carbons (Fsp3) is 0.208. The first-order valence-corrected chi connectivity index (χ1v) is 9.94. The Morgan fingerprint density at radius 3 is 2.65 bits per heavy atom. The molecule has 0 radical (unpaired) electrons. The molecule has 3 aromatic rings. The van der Waals surface area contributed by atoms with Crippen LogP contribution in [0.5, 0.6) is 5.75 Å². The van der Waals surface area contributed by atoms with E-state index in [1.54, 1.807) is 26.3 Å². The minimum Gasteiger partial charge on any atom is -0.497 e. The van der Waals surface area contributed by atoms with Crippen LogP contribution in [0.25, 0.3) is 0 Å². The summed E-state index contributed by atoms with van der Waals surface area (Å²) in [6.07, 6.45) is 2.00. The van der Waals surface area contributed by atoms with Crippen molar-refractivity contribution in [3.05, 3.63) is 89.9 Å². The Labute approximate surface area is 180 Å². The number of carbonyl (C=O) groups excluding carboxylic acids is 2. The van der Waals surface area contributed by atoms with Crippen LogP contribution in [0.4, 0.5) is 0 Å². The molecular weight excluding hydrogens is 394 g/mol. The van der Waals surface area contributed by atoms with Crippen molar-refractivity contribution in [2.24, 2.45) is 5.10 Å². The van der Waals surface area contributed by atoms with Crippen LogP contribution in [0.3, 0.4) is 0 Å². The Bertz CT molecular complexity index is 1090. The lowest BCUT2D eigenvalue weighted by atomic mass is 9.98. The number of benzene rings is 2. The Balaban J connectivity index is 1.60. The van der Waals surface area contributed by atoms with E-state index in [1.165, 1.54) is 16.2 Å². The molecule has 2 amide bonds. The van der Waals surface area contributed by atoms with Crippen molar-refractivity contribution in [1.29, 1.82) is 0 Å². The number of ether oxygens (including phenoxy) is 1. The van der Waals surface area contributed by atoms with E-state index in [4.69, 9.17) is 9.15 Å². The fourth-order valence-electron chi connectivity index (χ4n) is 3.59. The summed E-state index contributed by atoms with van der Waals surface area (Å²) in [6, 6.07) is 20.4. The molecule has 1 aromatic heterocycles. The topological polar surface area (TPSA) is 75.3 Å². The molecule has 2 heterocycles. The quantitative estimate of drug-likeness (QED) is 0.612. The van der Waals surface area contributed by atoms with Crippen LogP contribution in [0.15, 0.2) is 82.5 Å². The molecule has 2 aromatic carbocycles. The number of hydrazone groups is 1. The van der Waals surface area contributed by atoms with Gasteiger partial charge in [0.15, 0.2) is 5.76 Å². The summed E-state index contributed by atoms with van der Waals surface area (Å²) < 4.78 is 10.5. The maximum atomic E-state index is 13.2. The predicted octanol–water partition coefficient (Wildman–Crippen LogP) is 3.74. The molecule has 31 heavy (non-hydrogen) atoms. The first-order chi connectivity index (χ1) is 15.1. The first-order valence-electron chi connectivity index (χ1n) is 9.94. The average Bonchev–Trinajstić information content (AvgIpc) is 3.49. The number of rotatable bonds is 6. The maximum absolute atomic E-state index is 13.2. The van der Waals surface area contributed by atoms with Crippen LogP contribution in [0.1, 0.15) is 34.1 Å². The van der Waals surface area contributed by atoms with Gasteiger partial charge in [-0.15, -0.1) is 0 Å². The molecule has 4 rings (SSSR count). The normalized spacial score (nSPS) is 15.5. The molecule has 0 saturated carbocycles. The van der Waals surface area contributed by atoms with E-state index in [9.17, 15) is 9.59 Å². The zero-order chi connectivity index (χ0) is 21.8. The van der Waals surface area contributed by atoms with Crippen molar-refractivity contribution in [3.63, 3.8) is 0 Å². The summed E-state index contributed by atoms with van der Waals surface area (Å²) in [7, 11) is 3.19. The zero-order valence-corrected chi connectivity index (χ0v) is 17.4. The van der Waals surface area contributed by atoms with Crippen LogP contribution in [-0.2, 0) is 4.79 Å². The van der Waals surface area contributed by atoms with E-state index in [0.717, 1.165) is 22.6 Å². The lowest BCUT2D eigenvalue weighted by Crippen LogP contribution is -2.39. The number of likely N-dealkylation sites (N-methyl/N-ethyl adjacent to an activating group) is 1. The van der Waals surface area contributed by atoms with Gasteiger partial charge in [0.1, 0.15) is 12.3 Å². The van der Waals surface area contributed by atoms with Gasteiger partial charge in [0.05, 0.1) is 25.1 Å². The summed E-state index contributed by atoms with van der Waals surface area (Å²) in [5, 5.41) is 6.13. The number of furan rings is 1. The lowest BCUT2D eigenvalue weighted by molar-refractivity contribution is -0.133. The number of methoxy groups -OCH3 is 1. The van der Waals surface area contributed by atoms with Crippen molar-refractivity contribution in [3.8, 4) is 5.75 Å². The minimum absolute atomic E-state index is 0.113. The Kier molecular flexibility index (Phi) is 5.84. The molecular formula is C24H23N3O4. The molecule has 0 spiro atoms. The van der Waals surface area contributed by atoms with Gasteiger partial charge in [-0.1, -0.05) is 42.5 Å². The van der Waals surface area contributed by atoms with Gasteiger partial charge in [0.25, 0.3) is 11.8 Å². The molecule has 0 fully saturated rings. The molecule has 7 heteroatoms. The highest BCUT2D eigenvalue weighted by molar-refractivity contribution is 6.04. The Morgan fingerprint density at radius 2 is 1.94 bits per heavy atom. The predicted molar refractivity (Wildman–Crippen MR) is 116 cm³/mol. The highest BCUT2D eigenvalue weighted by Crippen LogP contribution is 2.33. The molecule has 158 valence electrons. The lowest BCUT2D eigenvalue weighted by Gasteiger charge is -2.24. The molecule has 0 N–H and O–H groups in total. The summed E-state index contributed by atoms with van der Waals surface area (Å²) in [5.74, 6) is 0.293. The summed E-state index contributed by atoms with van der Waals surface area (Å²) >= 11 is 0. The third kappa shape index (κ3) is 4.35. The van der Waals surface area contributed by atoms with Gasteiger partial charge in [0.2, 0.25) is 0 Å². The van der Waals surface area contributed by atoms with Crippen molar-refractivity contribution < 1.29 is 18.7 Å². The number of hydrogen-bond donors (Lipinski definition) is 0. The first kappa shape index (κ1) is 20.4. The molecule has 1 atom stereocenters. The van der Waals surface area contributed by atoms with Crippen LogP contribution >= 0.6 is 0 Å². The van der Waals surface area contributed by atoms with Gasteiger partial charge in [-0.25, -0.2) is 5.01 Å². The monoisotopic (exact) mass is 417 g/mol. The van der Waals surface area contributed by atoms with Crippen LogP contribution in [-0.4, -0.2) is 48.1 Å². The molecule has 0 unspecified atom stereocenters. The van der Waals surface area contributed by atoms with Gasteiger partial charge >= 0.3 is 0 Å². The van der Waals surface area contributed by atoms with E-state index in [-0.39, 0.29) is 30.2 Å². The summed E-state index contributed by atoms with van der Waals surface area (Å²) in [4.78, 5) is 27.0. The third-order valence-corrected chi connectivity index (χ3v) is 5.20. The van der Waals surface area contributed by atoms with E-state index in [1.807, 2.05) is 54.6 Å². The second kappa shape index (κ2) is 8.87. The molecule has 0 aliphatic carbocycles. The number of amides is 2. The molecule has 1 aliphatic rings. The number of carbonyl (C=O) groups is 2. The van der Waals surface area contributed by atoms with Gasteiger partial charge in [0, 0.05) is 19.0 Å². The van der Waals surface area contributed by atoms with Crippen LogP contribution < -0.4 is 4.74 Å². The fourth-order valence-corrected chi connectivity index (χ4v) is 3.59. The second-order valence-corrected chi connectivity index (χ2v) is 7.29. The zero-order valence-electron chi connectivity index (χ0n) is 17.4. The summed E-state index contributed by atoms with van der Waals surface area (Å²) in [5.41, 5.74) is 2.68. The van der Waals surface area contributed by atoms with Crippen molar-refractivity contribution in [2.45, 2.75) is 12.5 Å². The van der Waals surface area contributed by atoms with Gasteiger partial charge in [-0.05, 0) is 29.8 Å². The van der Waals surface area contributed by atoms with E-state index in [0.29, 0.717) is 6.42 Å². The highest BCUT2D eigenvalue weighted by Gasteiger charge is 2.34. The number of nitrogens with zero attached hydrogens (tertiary/aromatic N) is 3. The number of hydrogen-bond acceptors (Lipinski definition) is 5. The summed E-state index contributed by atoms with van der Waals surface area (Å²) in [6.45, 7) is -0.113. The standard InChI is InChI=1S/C24H23N3O4/c1-26(24(29)22-12-7-13-31-22)16-23(28)27-21(17-8-4-3-5-9-17)15-20(25-27)18-10-6-11-19(14-18)30-2/h3-14,21H,15-16H2,1-2H3/t21-/m0/s1. The van der Waals surface area contributed by atoms with Crippen LogP contribution in [0.2, 0.25) is 0 Å². The SMILES string of the molecule is COc1cccc(C2=NN(C(=O)CN(C)C(=O)c3ccco3)[C@H](c3ccccc3)C2)c1. The van der Waals surface area contributed by atoms with Gasteiger partial charge in [-0.3, -0.25) is 9.59 Å². The largest absolute Gasteiger partial charge is 0.497 e. The van der Waals surface area contributed by atoms with E-state index in [2.05, 4.69) is 5.10 Å². The van der Waals surface area contributed by atoms with E-state index < -0.39 is 0 Å². The van der Waals surface area contributed by atoms with Crippen molar-refractivity contribution in [2.75, 3.05) is 20.7 Å². The molecule has 0 bridgehead atoms. The smallest absolute Gasteiger partial charge is 0.289 e. The Morgan fingerprint density at radius 1 is 1.13 bits per heavy atom. The molecule has 0 saturated heterocycles. The van der Waals surface area contributed by atoms with Crippen molar-refractivity contribution >= 4 is 17.5 Å².